The van der Waals surface area contributed by atoms with Crippen molar-refractivity contribution in [2.75, 3.05) is 17.7 Å². The van der Waals surface area contributed by atoms with Gasteiger partial charge < -0.3 is 15.7 Å². The largest absolute Gasteiger partial charge is 0.478 e. The molecule has 0 fully saturated rings. The summed E-state index contributed by atoms with van der Waals surface area (Å²) >= 11 is 0. The monoisotopic (exact) mass is 250 g/mol. The highest BCUT2D eigenvalue weighted by Gasteiger charge is 2.15. The van der Waals surface area contributed by atoms with Crippen LogP contribution in [0.15, 0.2) is 18.2 Å². The Labute approximate surface area is 108 Å². The SMILES string of the molecule is CC(C)CC(C)N(C)c1ccc(N)c(C(=O)O)c1. The molecule has 18 heavy (non-hydrogen) atoms. The molecule has 4 heteroatoms. The molecule has 1 aromatic rings. The summed E-state index contributed by atoms with van der Waals surface area (Å²) in [6.07, 6.45) is 1.06. The van der Waals surface area contributed by atoms with Crippen molar-refractivity contribution in [2.24, 2.45) is 5.92 Å². The third-order valence-corrected chi connectivity index (χ3v) is 3.15. The standard InChI is InChI=1S/C14H22N2O2/c1-9(2)7-10(3)16(4)11-5-6-13(15)12(8-11)14(17)18/h5-6,8-10H,7,15H2,1-4H3,(H,17,18). The number of benzene rings is 1. The Kier molecular flexibility index (Phi) is 4.59. The van der Waals surface area contributed by atoms with Crippen molar-refractivity contribution in [2.45, 2.75) is 33.2 Å². The topological polar surface area (TPSA) is 66.6 Å². The first-order chi connectivity index (χ1) is 8.32. The van der Waals surface area contributed by atoms with Crippen LogP contribution >= 0.6 is 0 Å². The molecule has 0 aliphatic carbocycles. The van der Waals surface area contributed by atoms with Crippen molar-refractivity contribution >= 4 is 17.3 Å². The molecule has 0 aliphatic rings. The molecule has 0 radical (unpaired) electrons. The molecule has 0 saturated heterocycles. The van der Waals surface area contributed by atoms with E-state index in [0.717, 1.165) is 12.1 Å². The van der Waals surface area contributed by atoms with Gasteiger partial charge in [-0.05, 0) is 37.5 Å². The average Bonchev–Trinajstić information content (AvgIpc) is 2.27. The van der Waals surface area contributed by atoms with E-state index in [1.165, 1.54) is 0 Å². The van der Waals surface area contributed by atoms with Crippen LogP contribution in [0, 0.1) is 5.92 Å². The molecule has 0 spiro atoms. The lowest BCUT2D eigenvalue weighted by Gasteiger charge is -2.28. The molecule has 0 bridgehead atoms. The van der Waals surface area contributed by atoms with Crippen molar-refractivity contribution in [3.8, 4) is 0 Å². The number of carboxylic acid groups (broad SMARTS) is 1. The summed E-state index contributed by atoms with van der Waals surface area (Å²) < 4.78 is 0. The van der Waals surface area contributed by atoms with Gasteiger partial charge in [0.25, 0.3) is 0 Å². The number of rotatable bonds is 5. The minimum atomic E-state index is -0.987. The van der Waals surface area contributed by atoms with E-state index in [4.69, 9.17) is 10.8 Å². The number of hydrogen-bond donors (Lipinski definition) is 2. The zero-order valence-electron chi connectivity index (χ0n) is 11.5. The van der Waals surface area contributed by atoms with E-state index >= 15 is 0 Å². The Morgan fingerprint density at radius 3 is 2.50 bits per heavy atom. The highest BCUT2D eigenvalue weighted by atomic mass is 16.4. The molecule has 100 valence electrons. The zero-order valence-corrected chi connectivity index (χ0v) is 11.5. The van der Waals surface area contributed by atoms with Crippen molar-refractivity contribution in [3.63, 3.8) is 0 Å². The summed E-state index contributed by atoms with van der Waals surface area (Å²) in [6, 6.07) is 5.50. The molecule has 4 nitrogen and oxygen atoms in total. The van der Waals surface area contributed by atoms with Gasteiger partial charge in [0, 0.05) is 24.5 Å². The first-order valence-electron chi connectivity index (χ1n) is 6.18. The van der Waals surface area contributed by atoms with Crippen LogP contribution < -0.4 is 10.6 Å². The molecule has 1 rings (SSSR count). The number of carbonyl (C=O) groups is 1. The second-order valence-corrected chi connectivity index (χ2v) is 5.17. The fourth-order valence-electron chi connectivity index (χ4n) is 2.04. The maximum atomic E-state index is 11.0. The summed E-state index contributed by atoms with van der Waals surface area (Å²) in [5.74, 6) is -0.380. The number of nitrogens with two attached hydrogens (primary N) is 1. The fourth-order valence-corrected chi connectivity index (χ4v) is 2.04. The lowest BCUT2D eigenvalue weighted by molar-refractivity contribution is 0.0698. The van der Waals surface area contributed by atoms with Crippen LogP contribution in [0.1, 0.15) is 37.6 Å². The van der Waals surface area contributed by atoms with Gasteiger partial charge in [-0.3, -0.25) is 0 Å². The van der Waals surface area contributed by atoms with Gasteiger partial charge in [-0.1, -0.05) is 13.8 Å². The van der Waals surface area contributed by atoms with Crippen molar-refractivity contribution in [3.05, 3.63) is 23.8 Å². The third kappa shape index (κ3) is 3.39. The number of nitrogens with zero attached hydrogens (tertiary/aromatic N) is 1. The first kappa shape index (κ1) is 14.4. The molecular formula is C14H22N2O2. The Bertz CT molecular complexity index is 430. The summed E-state index contributed by atoms with van der Waals surface area (Å²) in [4.78, 5) is 13.1. The molecule has 1 atom stereocenters. The van der Waals surface area contributed by atoms with E-state index in [1.807, 2.05) is 13.1 Å². The summed E-state index contributed by atoms with van der Waals surface area (Å²) in [6.45, 7) is 6.49. The molecule has 1 unspecified atom stereocenters. The summed E-state index contributed by atoms with van der Waals surface area (Å²) in [5.41, 5.74) is 7.00. The van der Waals surface area contributed by atoms with E-state index in [9.17, 15) is 4.79 Å². The minimum Gasteiger partial charge on any atom is -0.478 e. The van der Waals surface area contributed by atoms with Crippen LogP contribution in [0.25, 0.3) is 0 Å². The van der Waals surface area contributed by atoms with E-state index < -0.39 is 5.97 Å². The second kappa shape index (κ2) is 5.76. The zero-order chi connectivity index (χ0) is 13.9. The van der Waals surface area contributed by atoms with Gasteiger partial charge in [-0.2, -0.15) is 0 Å². The Morgan fingerprint density at radius 1 is 1.39 bits per heavy atom. The normalized spacial score (nSPS) is 12.5. The van der Waals surface area contributed by atoms with Crippen LogP contribution in [-0.4, -0.2) is 24.2 Å². The predicted octanol–water partition coefficient (Wildman–Crippen LogP) is 2.84. The molecule has 1 aromatic carbocycles. The van der Waals surface area contributed by atoms with Crippen LogP contribution in [0.4, 0.5) is 11.4 Å². The molecule has 0 saturated carbocycles. The maximum Gasteiger partial charge on any atom is 0.337 e. The van der Waals surface area contributed by atoms with Crippen molar-refractivity contribution in [1.29, 1.82) is 0 Å². The minimum absolute atomic E-state index is 0.163. The van der Waals surface area contributed by atoms with Crippen LogP contribution in [0.3, 0.4) is 0 Å². The van der Waals surface area contributed by atoms with Gasteiger partial charge in [0.2, 0.25) is 0 Å². The van der Waals surface area contributed by atoms with E-state index in [2.05, 4.69) is 25.7 Å². The van der Waals surface area contributed by atoms with E-state index in [-0.39, 0.29) is 5.56 Å². The van der Waals surface area contributed by atoms with E-state index in [0.29, 0.717) is 17.6 Å². The smallest absolute Gasteiger partial charge is 0.337 e. The van der Waals surface area contributed by atoms with Gasteiger partial charge in [0.1, 0.15) is 0 Å². The van der Waals surface area contributed by atoms with Gasteiger partial charge in [-0.15, -0.1) is 0 Å². The quantitative estimate of drug-likeness (QED) is 0.789. The third-order valence-electron chi connectivity index (χ3n) is 3.15. The van der Waals surface area contributed by atoms with Gasteiger partial charge in [-0.25, -0.2) is 4.79 Å². The second-order valence-electron chi connectivity index (χ2n) is 5.17. The number of hydrogen-bond acceptors (Lipinski definition) is 3. The lowest BCUT2D eigenvalue weighted by Crippen LogP contribution is -2.30. The molecule has 0 aromatic heterocycles. The highest BCUT2D eigenvalue weighted by molar-refractivity contribution is 5.94. The number of anilines is 2. The first-order valence-corrected chi connectivity index (χ1v) is 6.18. The Balaban J connectivity index is 2.96. The van der Waals surface area contributed by atoms with E-state index in [1.54, 1.807) is 12.1 Å². The van der Waals surface area contributed by atoms with Gasteiger partial charge in [0.05, 0.1) is 5.56 Å². The van der Waals surface area contributed by atoms with Crippen LogP contribution in [-0.2, 0) is 0 Å². The van der Waals surface area contributed by atoms with Gasteiger partial charge in [0.15, 0.2) is 0 Å². The molecular weight excluding hydrogens is 228 g/mol. The van der Waals surface area contributed by atoms with Crippen molar-refractivity contribution < 1.29 is 9.90 Å². The molecule has 0 heterocycles. The predicted molar refractivity (Wildman–Crippen MR) is 75.1 cm³/mol. The molecule has 3 N–H and O–H groups in total. The molecule has 0 aliphatic heterocycles. The lowest BCUT2D eigenvalue weighted by atomic mass is 10.0. The molecule has 0 amide bonds. The Morgan fingerprint density at radius 2 is 2.00 bits per heavy atom. The average molecular weight is 250 g/mol. The summed E-state index contributed by atoms with van der Waals surface area (Å²) in [7, 11) is 1.98. The Hall–Kier alpha value is -1.71. The number of carboxylic acids is 1. The maximum absolute atomic E-state index is 11.0. The van der Waals surface area contributed by atoms with Crippen molar-refractivity contribution in [1.82, 2.24) is 0 Å². The summed E-state index contributed by atoms with van der Waals surface area (Å²) in [5, 5.41) is 9.06. The van der Waals surface area contributed by atoms with Crippen LogP contribution in [0.5, 0.6) is 0 Å². The highest BCUT2D eigenvalue weighted by Crippen LogP contribution is 2.23. The van der Waals surface area contributed by atoms with Gasteiger partial charge >= 0.3 is 5.97 Å². The van der Waals surface area contributed by atoms with Crippen LogP contribution in [0.2, 0.25) is 0 Å². The number of aromatic carboxylic acids is 1. The number of nitrogen functional groups attached to an aromatic ring is 1. The fraction of sp³-hybridized carbons (Fsp3) is 0.500.